The zero-order valence-corrected chi connectivity index (χ0v) is 21.1. The summed E-state index contributed by atoms with van der Waals surface area (Å²) in [5, 5.41) is 29.2. The third-order valence-electron chi connectivity index (χ3n) is 7.06. The average Bonchev–Trinajstić information content (AvgIpc) is 3.64. The van der Waals surface area contributed by atoms with Crippen molar-refractivity contribution in [2.45, 2.75) is 110 Å². The number of hydrogen-bond acceptors (Lipinski definition) is 4. The Kier molecular flexibility index (Phi) is 10.8. The first-order valence-electron chi connectivity index (χ1n) is 12.9. The number of aliphatic carboxylic acids is 1. The van der Waals surface area contributed by atoms with E-state index in [1.807, 2.05) is 32.0 Å². The lowest BCUT2D eigenvalue weighted by atomic mass is 9.38. The highest BCUT2D eigenvalue weighted by atomic mass is 16.5. The van der Waals surface area contributed by atoms with Crippen LogP contribution in [0.25, 0.3) is 0 Å². The van der Waals surface area contributed by atoms with E-state index in [0.29, 0.717) is 30.2 Å². The SMILES string of the molecule is C1CC1.CC.CC1CCC(CC(C)C2CC(O)c3ccc(CC(C)C(=O)O)cc3O2)B1C#N. The Labute approximate surface area is 200 Å². The predicted molar refractivity (Wildman–Crippen MR) is 134 cm³/mol. The monoisotopic (exact) mass is 455 g/mol. The fourth-order valence-electron chi connectivity index (χ4n) is 4.86. The number of nitriles is 1. The van der Waals surface area contributed by atoms with Crippen LogP contribution in [-0.4, -0.2) is 29.0 Å². The second-order valence-corrected chi connectivity index (χ2v) is 9.97. The molecule has 0 spiro atoms. The van der Waals surface area contributed by atoms with Gasteiger partial charge in [0.1, 0.15) is 11.9 Å². The zero-order chi connectivity index (χ0) is 24.5. The van der Waals surface area contributed by atoms with Crippen molar-refractivity contribution in [3.05, 3.63) is 29.3 Å². The molecule has 0 bridgehead atoms. The van der Waals surface area contributed by atoms with E-state index in [1.165, 1.54) is 19.3 Å². The molecule has 33 heavy (non-hydrogen) atoms. The molecule has 1 aliphatic carbocycles. The van der Waals surface area contributed by atoms with Crippen LogP contribution >= 0.6 is 0 Å². The summed E-state index contributed by atoms with van der Waals surface area (Å²) in [7, 11) is 0. The van der Waals surface area contributed by atoms with Crippen molar-refractivity contribution in [1.82, 2.24) is 0 Å². The molecule has 6 atom stereocenters. The highest BCUT2D eigenvalue weighted by molar-refractivity contribution is 6.70. The number of carboxylic acids is 1. The molecule has 2 heterocycles. The van der Waals surface area contributed by atoms with Gasteiger partial charge in [-0.25, -0.2) is 5.26 Å². The minimum absolute atomic E-state index is 0.0927. The molecular formula is C27H42BNO4. The van der Waals surface area contributed by atoms with Crippen LogP contribution in [0.15, 0.2) is 18.2 Å². The van der Waals surface area contributed by atoms with E-state index in [4.69, 9.17) is 9.84 Å². The van der Waals surface area contributed by atoms with Gasteiger partial charge in [0.05, 0.1) is 12.0 Å². The lowest BCUT2D eigenvalue weighted by molar-refractivity contribution is -0.141. The topological polar surface area (TPSA) is 90.6 Å². The Morgan fingerprint density at radius 1 is 1.24 bits per heavy atom. The Hall–Kier alpha value is -2.00. The molecule has 6 unspecified atom stereocenters. The van der Waals surface area contributed by atoms with E-state index in [9.17, 15) is 15.2 Å². The first-order chi connectivity index (χ1) is 15.8. The number of rotatable bonds is 6. The molecule has 6 heteroatoms. The Bertz CT molecular complexity index is 803. The Morgan fingerprint density at radius 2 is 1.91 bits per heavy atom. The van der Waals surface area contributed by atoms with Crippen LogP contribution in [0.4, 0.5) is 0 Å². The van der Waals surface area contributed by atoms with E-state index in [0.717, 1.165) is 30.4 Å². The van der Waals surface area contributed by atoms with E-state index < -0.39 is 18.0 Å². The lowest BCUT2D eigenvalue weighted by Crippen LogP contribution is -2.33. The summed E-state index contributed by atoms with van der Waals surface area (Å²) >= 11 is 0. The molecule has 1 aromatic rings. The molecule has 5 nitrogen and oxygen atoms in total. The standard InChI is InChI=1S/C22H30BNO4.C3H6.C2H6/c1-13(9-17-6-4-15(3)23(17)12-24)20-11-19(25)18-7-5-16(10-21(18)28-20)8-14(2)22(26)27;1-2-3-1;1-2/h5,7,10,13-15,17,19-20,25H,4,6,8-9,11H2,1-3H3,(H,26,27);1-3H2;1-2H3. The van der Waals surface area contributed by atoms with Gasteiger partial charge in [-0.3, -0.25) is 4.79 Å². The van der Waals surface area contributed by atoms with Crippen molar-refractivity contribution < 1.29 is 19.7 Å². The Morgan fingerprint density at radius 3 is 2.48 bits per heavy atom. The number of ether oxygens (including phenoxy) is 1. The fraction of sp³-hybridized carbons (Fsp3) is 0.704. The van der Waals surface area contributed by atoms with Gasteiger partial charge in [-0.05, 0) is 36.2 Å². The van der Waals surface area contributed by atoms with Gasteiger partial charge < -0.3 is 14.9 Å². The first-order valence-corrected chi connectivity index (χ1v) is 12.9. The van der Waals surface area contributed by atoms with E-state index in [-0.39, 0.29) is 18.7 Å². The molecule has 1 saturated carbocycles. The molecular weight excluding hydrogens is 413 g/mol. The lowest BCUT2D eigenvalue weighted by Gasteiger charge is -2.34. The molecule has 1 aromatic carbocycles. The first kappa shape index (κ1) is 27.3. The van der Waals surface area contributed by atoms with E-state index >= 15 is 0 Å². The number of aliphatic hydroxyl groups is 1. The molecule has 2 aliphatic heterocycles. The van der Waals surface area contributed by atoms with Crippen LogP contribution in [-0.2, 0) is 11.2 Å². The van der Waals surface area contributed by atoms with Crippen LogP contribution in [0.2, 0.25) is 11.6 Å². The smallest absolute Gasteiger partial charge is 0.306 e. The number of hydrogen-bond donors (Lipinski definition) is 2. The molecule has 4 rings (SSSR count). The summed E-state index contributed by atoms with van der Waals surface area (Å²) in [4.78, 5) is 11.1. The van der Waals surface area contributed by atoms with Crippen LogP contribution < -0.4 is 4.74 Å². The van der Waals surface area contributed by atoms with Gasteiger partial charge in [0, 0.05) is 18.0 Å². The van der Waals surface area contributed by atoms with Crippen molar-refractivity contribution >= 4 is 12.7 Å². The summed E-state index contributed by atoms with van der Waals surface area (Å²) in [5.74, 6) is 2.99. The summed E-state index contributed by atoms with van der Waals surface area (Å²) in [6, 6.07) is 5.62. The van der Waals surface area contributed by atoms with Gasteiger partial charge >= 0.3 is 5.97 Å². The Balaban J connectivity index is 0.000000695. The highest BCUT2D eigenvalue weighted by Gasteiger charge is 2.40. The highest BCUT2D eigenvalue weighted by Crippen LogP contribution is 2.44. The molecule has 0 aromatic heterocycles. The van der Waals surface area contributed by atoms with Gasteiger partial charge in [0.15, 0.2) is 0 Å². The predicted octanol–water partition coefficient (Wildman–Crippen LogP) is 6.47. The molecule has 0 radical (unpaired) electrons. The van der Waals surface area contributed by atoms with Gasteiger partial charge in [-0.15, -0.1) is 0 Å². The molecule has 2 N–H and O–H groups in total. The van der Waals surface area contributed by atoms with Crippen LogP contribution in [0.1, 0.15) is 96.8 Å². The van der Waals surface area contributed by atoms with E-state index in [1.54, 1.807) is 6.92 Å². The van der Waals surface area contributed by atoms with Crippen molar-refractivity contribution in [2.24, 2.45) is 11.8 Å². The fourth-order valence-corrected chi connectivity index (χ4v) is 4.86. The van der Waals surface area contributed by atoms with Gasteiger partial charge in [0.25, 0.3) is 6.71 Å². The number of nitrogens with zero attached hydrogens (tertiary/aromatic N) is 1. The normalized spacial score (nSPS) is 26.8. The molecule has 0 amide bonds. The van der Waals surface area contributed by atoms with Crippen molar-refractivity contribution in [1.29, 1.82) is 5.26 Å². The summed E-state index contributed by atoms with van der Waals surface area (Å²) in [5.41, 5.74) is 1.68. The quantitative estimate of drug-likeness (QED) is 0.480. The number of benzene rings is 1. The third-order valence-corrected chi connectivity index (χ3v) is 7.06. The van der Waals surface area contributed by atoms with Gasteiger partial charge in [-0.1, -0.05) is 84.7 Å². The number of fused-ring (bicyclic) bond motifs is 1. The van der Waals surface area contributed by atoms with Crippen molar-refractivity contribution in [3.8, 4) is 11.7 Å². The van der Waals surface area contributed by atoms with Crippen molar-refractivity contribution in [3.63, 3.8) is 0 Å². The maximum Gasteiger partial charge on any atom is 0.306 e. The molecule has 3 aliphatic rings. The maximum absolute atomic E-state index is 11.1. The number of carboxylic acid groups (broad SMARTS) is 1. The van der Waals surface area contributed by atoms with Crippen molar-refractivity contribution in [2.75, 3.05) is 0 Å². The minimum Gasteiger partial charge on any atom is -0.490 e. The third kappa shape index (κ3) is 7.78. The molecule has 1 saturated heterocycles. The largest absolute Gasteiger partial charge is 0.490 e. The second-order valence-electron chi connectivity index (χ2n) is 9.97. The van der Waals surface area contributed by atoms with Gasteiger partial charge in [0.2, 0.25) is 0 Å². The van der Waals surface area contributed by atoms with Gasteiger partial charge in [-0.2, -0.15) is 0 Å². The van der Waals surface area contributed by atoms with Crippen LogP contribution in [0.5, 0.6) is 5.75 Å². The average molecular weight is 455 g/mol. The summed E-state index contributed by atoms with van der Waals surface area (Å²) in [6.07, 6.45) is 7.96. The summed E-state index contributed by atoms with van der Waals surface area (Å²) in [6.45, 7) is 10.1. The zero-order valence-electron chi connectivity index (χ0n) is 21.1. The van der Waals surface area contributed by atoms with Crippen LogP contribution in [0, 0.1) is 23.1 Å². The summed E-state index contributed by atoms with van der Waals surface area (Å²) < 4.78 is 6.26. The molecule has 2 fully saturated rings. The van der Waals surface area contributed by atoms with E-state index in [2.05, 4.69) is 19.8 Å². The second kappa shape index (κ2) is 13.0. The number of aliphatic hydroxyl groups excluding tert-OH is 1. The van der Waals surface area contributed by atoms with Crippen LogP contribution in [0.3, 0.4) is 0 Å². The number of carbonyl (C=O) groups is 1. The maximum atomic E-state index is 11.1. The minimum atomic E-state index is -0.817. The molecule has 182 valence electrons.